The number of likely N-dealkylation sites (tertiary alicyclic amines) is 1. The third-order valence-electron chi connectivity index (χ3n) is 8.32. The van der Waals surface area contributed by atoms with E-state index in [0.29, 0.717) is 25.9 Å². The van der Waals surface area contributed by atoms with Crippen molar-refractivity contribution in [3.05, 3.63) is 83.9 Å². The first kappa shape index (κ1) is 31.2. The number of carbonyl (C=O) groups excluding carboxylic acids is 3. The van der Waals surface area contributed by atoms with Crippen molar-refractivity contribution in [2.24, 2.45) is 5.92 Å². The molecule has 2 atom stereocenters. The summed E-state index contributed by atoms with van der Waals surface area (Å²) in [6, 6.07) is 23.4. The lowest BCUT2D eigenvalue weighted by Crippen LogP contribution is -2.54. The average Bonchev–Trinajstić information content (AvgIpc) is 3.51. The minimum absolute atomic E-state index is 0.0490. The van der Waals surface area contributed by atoms with Gasteiger partial charge in [0.15, 0.2) is 0 Å². The molecule has 0 aliphatic carbocycles. The molecule has 0 spiro atoms. The Kier molecular flexibility index (Phi) is 11.9. The highest BCUT2D eigenvalue weighted by molar-refractivity contribution is 5.93. The van der Waals surface area contributed by atoms with E-state index in [2.05, 4.69) is 52.3 Å². The molecule has 7 nitrogen and oxygen atoms in total. The van der Waals surface area contributed by atoms with Gasteiger partial charge in [-0.2, -0.15) is 0 Å². The van der Waals surface area contributed by atoms with E-state index in [9.17, 15) is 14.4 Å². The normalized spacial score (nSPS) is 15.6. The maximum absolute atomic E-state index is 13.5. The number of hydrogen-bond donors (Lipinski definition) is 3. The lowest BCUT2D eigenvalue weighted by molar-refractivity contribution is -0.142. The van der Waals surface area contributed by atoms with Crippen LogP contribution >= 0.6 is 0 Å². The Balaban J connectivity index is 1.36. The predicted molar refractivity (Wildman–Crippen MR) is 169 cm³/mol. The number of nitrogens with one attached hydrogen (secondary N) is 3. The molecule has 1 aliphatic heterocycles. The summed E-state index contributed by atoms with van der Waals surface area (Å²) < 4.78 is 0. The summed E-state index contributed by atoms with van der Waals surface area (Å²) in [6.45, 7) is 6.81. The fourth-order valence-corrected chi connectivity index (χ4v) is 5.80. The van der Waals surface area contributed by atoms with Gasteiger partial charge in [-0.15, -0.1) is 0 Å². The van der Waals surface area contributed by atoms with Gasteiger partial charge >= 0.3 is 0 Å². The molecule has 224 valence electrons. The molecule has 4 rings (SSSR count). The number of amides is 3. The van der Waals surface area contributed by atoms with E-state index in [4.69, 9.17) is 0 Å². The van der Waals surface area contributed by atoms with E-state index in [1.807, 2.05) is 50.2 Å². The first-order valence-corrected chi connectivity index (χ1v) is 15.6. The smallest absolute Gasteiger partial charge is 0.243 e. The van der Waals surface area contributed by atoms with Crippen molar-refractivity contribution < 1.29 is 14.4 Å². The van der Waals surface area contributed by atoms with Crippen molar-refractivity contribution in [3.8, 4) is 0 Å². The van der Waals surface area contributed by atoms with Gasteiger partial charge in [0, 0.05) is 25.4 Å². The average molecular weight is 571 g/mol. The summed E-state index contributed by atoms with van der Waals surface area (Å²) in [5.74, 6) is -0.462. The van der Waals surface area contributed by atoms with E-state index in [-0.39, 0.29) is 23.6 Å². The van der Waals surface area contributed by atoms with Crippen LogP contribution in [-0.4, -0.2) is 60.9 Å². The minimum atomic E-state index is -0.726. The molecule has 0 saturated carbocycles. The number of fused-ring (bicyclic) bond motifs is 1. The first-order valence-electron chi connectivity index (χ1n) is 15.6. The van der Waals surface area contributed by atoms with Gasteiger partial charge in [0.2, 0.25) is 17.7 Å². The summed E-state index contributed by atoms with van der Waals surface area (Å²) in [6.07, 6.45) is 5.06. The molecular weight excluding hydrogens is 524 g/mol. The van der Waals surface area contributed by atoms with Crippen LogP contribution in [0.15, 0.2) is 72.8 Å². The summed E-state index contributed by atoms with van der Waals surface area (Å²) >= 11 is 0. The minimum Gasteiger partial charge on any atom is -0.354 e. The molecule has 3 aromatic carbocycles. The van der Waals surface area contributed by atoms with Crippen molar-refractivity contribution in [2.45, 2.75) is 70.9 Å². The van der Waals surface area contributed by atoms with Crippen LogP contribution in [0.5, 0.6) is 0 Å². The Labute approximate surface area is 250 Å². The molecule has 1 heterocycles. The van der Waals surface area contributed by atoms with Gasteiger partial charge in [-0.1, -0.05) is 86.6 Å². The summed E-state index contributed by atoms with van der Waals surface area (Å²) in [7, 11) is 0. The first-order chi connectivity index (χ1) is 20.5. The monoisotopic (exact) mass is 570 g/mol. The van der Waals surface area contributed by atoms with Crippen molar-refractivity contribution in [2.75, 3.05) is 26.2 Å². The second-order valence-electron chi connectivity index (χ2n) is 11.3. The Morgan fingerprint density at radius 2 is 1.60 bits per heavy atom. The van der Waals surface area contributed by atoms with Gasteiger partial charge in [-0.25, -0.2) is 0 Å². The number of rotatable bonds is 15. The van der Waals surface area contributed by atoms with E-state index >= 15 is 0 Å². The lowest BCUT2D eigenvalue weighted by atomic mass is 10.00. The molecule has 1 aliphatic rings. The molecule has 0 radical (unpaired) electrons. The molecule has 0 aromatic heterocycles. The van der Waals surface area contributed by atoms with Gasteiger partial charge in [0.1, 0.15) is 12.1 Å². The second kappa shape index (κ2) is 16.1. The van der Waals surface area contributed by atoms with Gasteiger partial charge in [-0.3, -0.25) is 14.4 Å². The molecule has 3 amide bonds. The molecular formula is C35H46N4O3. The van der Waals surface area contributed by atoms with Crippen LogP contribution in [0.2, 0.25) is 0 Å². The third-order valence-corrected chi connectivity index (χ3v) is 8.32. The number of carbonyl (C=O) groups is 3. The van der Waals surface area contributed by atoms with Crippen molar-refractivity contribution in [1.82, 2.24) is 20.9 Å². The summed E-state index contributed by atoms with van der Waals surface area (Å²) in [5.41, 5.74) is 2.28. The van der Waals surface area contributed by atoms with Crippen molar-refractivity contribution >= 4 is 28.5 Å². The standard InChI is InChI=1S/C35H46N4O3/c1-3-28(4-2)35(42)39-23-10-16-32(39)34(41)38-31(25-27-17-18-29-14-8-9-15-30(29)24-27)33(40)37-21-11-20-36-22-19-26-12-6-5-7-13-26/h5-9,12-15,17-18,24,28,31-32,36H,3-4,10-11,16,19-23,25H2,1-2H3,(H,37,40)(H,38,41)/t31-,32+/m1/s1. The molecule has 0 unspecified atom stereocenters. The SMILES string of the molecule is CCC(CC)C(=O)N1CCC[C@H]1C(=O)N[C@H](Cc1ccc2ccccc2c1)C(=O)NCCCNCCc1ccccc1. The second-order valence-corrected chi connectivity index (χ2v) is 11.3. The Bertz CT molecular complexity index is 1310. The molecule has 1 fully saturated rings. The number of nitrogens with zero attached hydrogens (tertiary/aromatic N) is 1. The third kappa shape index (κ3) is 8.65. The molecule has 1 saturated heterocycles. The topological polar surface area (TPSA) is 90.5 Å². The lowest BCUT2D eigenvalue weighted by Gasteiger charge is -2.29. The molecule has 3 N–H and O–H groups in total. The zero-order valence-corrected chi connectivity index (χ0v) is 25.1. The molecule has 7 heteroatoms. The maximum Gasteiger partial charge on any atom is 0.243 e. The van der Waals surface area contributed by atoms with Crippen LogP contribution in [0.25, 0.3) is 10.8 Å². The van der Waals surface area contributed by atoms with Gasteiger partial charge in [0.25, 0.3) is 0 Å². The Morgan fingerprint density at radius 3 is 2.36 bits per heavy atom. The maximum atomic E-state index is 13.5. The van der Waals surface area contributed by atoms with Crippen LogP contribution in [0, 0.1) is 5.92 Å². The number of benzene rings is 3. The largest absolute Gasteiger partial charge is 0.354 e. The van der Waals surface area contributed by atoms with E-state index in [1.165, 1.54) is 5.56 Å². The Morgan fingerprint density at radius 1 is 0.857 bits per heavy atom. The van der Waals surface area contributed by atoms with Crippen LogP contribution in [-0.2, 0) is 27.2 Å². The van der Waals surface area contributed by atoms with E-state index < -0.39 is 12.1 Å². The van der Waals surface area contributed by atoms with E-state index in [1.54, 1.807) is 4.90 Å². The van der Waals surface area contributed by atoms with E-state index in [0.717, 1.165) is 61.5 Å². The molecule has 42 heavy (non-hydrogen) atoms. The Hall–Kier alpha value is -3.71. The van der Waals surface area contributed by atoms with Gasteiger partial charge < -0.3 is 20.9 Å². The number of hydrogen-bond acceptors (Lipinski definition) is 4. The summed E-state index contributed by atoms with van der Waals surface area (Å²) in [4.78, 5) is 41.9. The highest BCUT2D eigenvalue weighted by Gasteiger charge is 2.37. The predicted octanol–water partition coefficient (Wildman–Crippen LogP) is 4.63. The molecule has 3 aromatic rings. The van der Waals surface area contributed by atoms with Crippen LogP contribution in [0.4, 0.5) is 0 Å². The zero-order chi connectivity index (χ0) is 29.7. The highest BCUT2D eigenvalue weighted by atomic mass is 16.2. The fourth-order valence-electron chi connectivity index (χ4n) is 5.80. The van der Waals surface area contributed by atoms with Gasteiger partial charge in [-0.05, 0) is 73.5 Å². The van der Waals surface area contributed by atoms with Crippen LogP contribution < -0.4 is 16.0 Å². The van der Waals surface area contributed by atoms with Gasteiger partial charge in [0.05, 0.1) is 0 Å². The summed E-state index contributed by atoms with van der Waals surface area (Å²) in [5, 5.41) is 11.7. The zero-order valence-electron chi connectivity index (χ0n) is 25.1. The highest BCUT2D eigenvalue weighted by Crippen LogP contribution is 2.23. The van der Waals surface area contributed by atoms with Crippen molar-refractivity contribution in [3.63, 3.8) is 0 Å². The quantitative estimate of drug-likeness (QED) is 0.233. The van der Waals surface area contributed by atoms with Crippen LogP contribution in [0.3, 0.4) is 0 Å². The van der Waals surface area contributed by atoms with Crippen molar-refractivity contribution in [1.29, 1.82) is 0 Å². The van der Waals surface area contributed by atoms with Crippen LogP contribution in [0.1, 0.15) is 57.1 Å². The fraction of sp³-hybridized carbons (Fsp3) is 0.457. The molecule has 0 bridgehead atoms.